The Labute approximate surface area is 127 Å². The lowest BCUT2D eigenvalue weighted by Crippen LogP contribution is -2.47. The Morgan fingerprint density at radius 1 is 0.905 bits per heavy atom. The average Bonchev–Trinajstić information content (AvgIpc) is 2.46. The molecule has 0 amide bonds. The minimum absolute atomic E-state index is 0.228. The molecule has 0 saturated heterocycles. The molecule has 0 radical (unpaired) electrons. The summed E-state index contributed by atoms with van der Waals surface area (Å²) in [4.78, 5) is 23.2. The van der Waals surface area contributed by atoms with Gasteiger partial charge in [0, 0.05) is 6.42 Å². The SMILES string of the molecule is CCCCCCCCCCCC1C(=O)C(O)CC(=O)C1O. The van der Waals surface area contributed by atoms with E-state index >= 15 is 0 Å². The van der Waals surface area contributed by atoms with E-state index in [1.807, 2.05) is 0 Å². The second-order valence-corrected chi connectivity index (χ2v) is 6.26. The Morgan fingerprint density at radius 2 is 1.43 bits per heavy atom. The van der Waals surface area contributed by atoms with Gasteiger partial charge in [-0.1, -0.05) is 64.7 Å². The van der Waals surface area contributed by atoms with E-state index in [1.165, 1.54) is 38.5 Å². The molecule has 21 heavy (non-hydrogen) atoms. The van der Waals surface area contributed by atoms with E-state index in [4.69, 9.17) is 0 Å². The molecule has 122 valence electrons. The number of unbranched alkanes of at least 4 members (excludes halogenated alkanes) is 8. The molecular formula is C17H30O4. The van der Waals surface area contributed by atoms with Crippen LogP contribution in [0.25, 0.3) is 0 Å². The van der Waals surface area contributed by atoms with Crippen LogP contribution >= 0.6 is 0 Å². The van der Waals surface area contributed by atoms with Crippen LogP contribution < -0.4 is 0 Å². The van der Waals surface area contributed by atoms with E-state index < -0.39 is 23.9 Å². The van der Waals surface area contributed by atoms with Crippen molar-refractivity contribution in [2.45, 2.75) is 89.8 Å². The summed E-state index contributed by atoms with van der Waals surface area (Å²) in [6.45, 7) is 2.21. The molecule has 0 aromatic heterocycles. The van der Waals surface area contributed by atoms with E-state index in [0.717, 1.165) is 19.3 Å². The molecule has 0 heterocycles. The summed E-state index contributed by atoms with van der Waals surface area (Å²) >= 11 is 0. The molecule has 0 spiro atoms. The van der Waals surface area contributed by atoms with Crippen molar-refractivity contribution in [1.82, 2.24) is 0 Å². The van der Waals surface area contributed by atoms with Gasteiger partial charge in [0.15, 0.2) is 11.6 Å². The third kappa shape index (κ3) is 6.27. The molecule has 0 bridgehead atoms. The first-order chi connectivity index (χ1) is 10.1. The molecule has 1 aliphatic rings. The summed E-state index contributed by atoms with van der Waals surface area (Å²) in [6, 6.07) is 0. The maximum Gasteiger partial charge on any atom is 0.167 e. The molecule has 1 rings (SSSR count). The highest BCUT2D eigenvalue weighted by Crippen LogP contribution is 2.24. The van der Waals surface area contributed by atoms with E-state index in [9.17, 15) is 19.8 Å². The molecule has 1 fully saturated rings. The van der Waals surface area contributed by atoms with Gasteiger partial charge in [-0.05, 0) is 6.42 Å². The molecule has 2 N–H and O–H groups in total. The Bertz CT molecular complexity index is 327. The van der Waals surface area contributed by atoms with Gasteiger partial charge < -0.3 is 10.2 Å². The number of hydrogen-bond acceptors (Lipinski definition) is 4. The summed E-state index contributed by atoms with van der Waals surface area (Å²) in [5, 5.41) is 19.3. The number of aliphatic hydroxyl groups excluding tert-OH is 2. The first-order valence-electron chi connectivity index (χ1n) is 8.50. The van der Waals surface area contributed by atoms with Crippen LogP contribution in [0.5, 0.6) is 0 Å². The van der Waals surface area contributed by atoms with E-state index in [2.05, 4.69) is 6.92 Å². The van der Waals surface area contributed by atoms with Crippen LogP contribution in [0.4, 0.5) is 0 Å². The molecule has 3 atom stereocenters. The monoisotopic (exact) mass is 298 g/mol. The predicted octanol–water partition coefficient (Wildman–Crippen LogP) is 2.79. The highest BCUT2D eigenvalue weighted by Gasteiger charge is 2.41. The highest BCUT2D eigenvalue weighted by molar-refractivity contribution is 6.00. The molecule has 1 saturated carbocycles. The molecule has 4 heteroatoms. The zero-order valence-corrected chi connectivity index (χ0v) is 13.2. The highest BCUT2D eigenvalue weighted by atomic mass is 16.3. The number of aliphatic hydroxyl groups is 2. The number of Topliss-reactive ketones (excluding diaryl/α,β-unsaturated/α-hetero) is 2. The van der Waals surface area contributed by atoms with Gasteiger partial charge in [-0.15, -0.1) is 0 Å². The fourth-order valence-corrected chi connectivity index (χ4v) is 3.01. The largest absolute Gasteiger partial charge is 0.385 e. The van der Waals surface area contributed by atoms with E-state index in [1.54, 1.807) is 0 Å². The van der Waals surface area contributed by atoms with Crippen molar-refractivity contribution in [2.75, 3.05) is 0 Å². The molecule has 0 aromatic carbocycles. The average molecular weight is 298 g/mol. The first kappa shape index (κ1) is 18.3. The second kappa shape index (κ2) is 10.1. The number of rotatable bonds is 10. The van der Waals surface area contributed by atoms with E-state index in [0.29, 0.717) is 6.42 Å². The molecule has 4 nitrogen and oxygen atoms in total. The summed E-state index contributed by atoms with van der Waals surface area (Å²) in [6.07, 6.45) is 8.56. The molecule has 0 aromatic rings. The van der Waals surface area contributed by atoms with Crippen molar-refractivity contribution in [1.29, 1.82) is 0 Å². The van der Waals surface area contributed by atoms with Crippen molar-refractivity contribution >= 4 is 11.6 Å². The fourth-order valence-electron chi connectivity index (χ4n) is 3.01. The van der Waals surface area contributed by atoms with Gasteiger partial charge in [-0.2, -0.15) is 0 Å². The predicted molar refractivity (Wildman–Crippen MR) is 82.0 cm³/mol. The van der Waals surface area contributed by atoms with Crippen LogP contribution in [0, 0.1) is 5.92 Å². The fraction of sp³-hybridized carbons (Fsp3) is 0.882. The number of ketones is 2. The van der Waals surface area contributed by atoms with Gasteiger partial charge in [0.1, 0.15) is 12.2 Å². The lowest BCUT2D eigenvalue weighted by molar-refractivity contribution is -0.151. The van der Waals surface area contributed by atoms with Crippen molar-refractivity contribution in [3.8, 4) is 0 Å². The van der Waals surface area contributed by atoms with Crippen LogP contribution in [0.3, 0.4) is 0 Å². The van der Waals surface area contributed by atoms with Crippen molar-refractivity contribution in [3.63, 3.8) is 0 Å². The van der Waals surface area contributed by atoms with Crippen LogP contribution in [0.2, 0.25) is 0 Å². The number of hydrogen-bond donors (Lipinski definition) is 2. The summed E-state index contributed by atoms with van der Waals surface area (Å²) in [5.74, 6) is -1.45. The normalized spacial score (nSPS) is 26.3. The van der Waals surface area contributed by atoms with Gasteiger partial charge >= 0.3 is 0 Å². The third-order valence-electron chi connectivity index (χ3n) is 4.42. The quantitative estimate of drug-likeness (QED) is 0.608. The topological polar surface area (TPSA) is 74.6 Å². The molecule has 1 aliphatic carbocycles. The summed E-state index contributed by atoms with van der Waals surface area (Å²) < 4.78 is 0. The van der Waals surface area contributed by atoms with Gasteiger partial charge in [0.05, 0.1) is 5.92 Å². The molecule has 3 unspecified atom stereocenters. The maximum atomic E-state index is 11.8. The molecule has 0 aliphatic heterocycles. The number of carbonyl (C=O) groups excluding carboxylic acids is 2. The second-order valence-electron chi connectivity index (χ2n) is 6.26. The number of carbonyl (C=O) groups is 2. The van der Waals surface area contributed by atoms with E-state index in [-0.39, 0.29) is 12.2 Å². The zero-order valence-electron chi connectivity index (χ0n) is 13.2. The summed E-state index contributed by atoms with van der Waals surface area (Å²) in [5.41, 5.74) is 0. The first-order valence-corrected chi connectivity index (χ1v) is 8.50. The maximum absolute atomic E-state index is 11.8. The van der Waals surface area contributed by atoms with Crippen molar-refractivity contribution in [2.24, 2.45) is 5.92 Å². The lowest BCUT2D eigenvalue weighted by atomic mass is 9.79. The standard InChI is InChI=1S/C17H30O4/c1-2-3-4-5-6-7-8-9-10-11-13-16(20)14(18)12-15(19)17(13)21/h13-14,17-18,21H,2-12H2,1H3. The smallest absolute Gasteiger partial charge is 0.167 e. The van der Waals surface area contributed by atoms with Crippen LogP contribution in [-0.2, 0) is 9.59 Å². The minimum Gasteiger partial charge on any atom is -0.385 e. The Kier molecular flexibility index (Phi) is 8.77. The Balaban J connectivity index is 2.11. The van der Waals surface area contributed by atoms with Crippen LogP contribution in [0.15, 0.2) is 0 Å². The van der Waals surface area contributed by atoms with Gasteiger partial charge in [0.2, 0.25) is 0 Å². The Morgan fingerprint density at radius 3 is 2.00 bits per heavy atom. The van der Waals surface area contributed by atoms with Crippen molar-refractivity contribution in [3.05, 3.63) is 0 Å². The Hall–Kier alpha value is -0.740. The van der Waals surface area contributed by atoms with Crippen LogP contribution in [0.1, 0.15) is 77.6 Å². The zero-order chi connectivity index (χ0) is 15.7. The summed E-state index contributed by atoms with van der Waals surface area (Å²) in [7, 11) is 0. The van der Waals surface area contributed by atoms with Gasteiger partial charge in [-0.25, -0.2) is 0 Å². The minimum atomic E-state index is -1.20. The van der Waals surface area contributed by atoms with Gasteiger partial charge in [0.25, 0.3) is 0 Å². The van der Waals surface area contributed by atoms with Crippen molar-refractivity contribution < 1.29 is 19.8 Å². The molecular weight excluding hydrogens is 268 g/mol. The van der Waals surface area contributed by atoms with Gasteiger partial charge in [-0.3, -0.25) is 9.59 Å². The third-order valence-corrected chi connectivity index (χ3v) is 4.42. The lowest BCUT2D eigenvalue weighted by Gasteiger charge is -2.28. The van der Waals surface area contributed by atoms with Crippen LogP contribution in [-0.4, -0.2) is 34.0 Å².